The van der Waals surface area contributed by atoms with E-state index < -0.39 is 11.8 Å². The average Bonchev–Trinajstić information content (AvgIpc) is 3.06. The lowest BCUT2D eigenvalue weighted by Gasteiger charge is -2.17. The van der Waals surface area contributed by atoms with Crippen LogP contribution in [0.4, 0.5) is 11.4 Å². The fourth-order valence-corrected chi connectivity index (χ4v) is 3.79. The molecule has 0 bridgehead atoms. The molecule has 168 valence electrons. The standard InChI is InChI=1S/C27H26N2O4/c1-5-33-22-8-6-7-20(16-22)29-26(30)24(19-11-13-21(32-4)14-12-19)25(27(29)31)28-23-15-17(2)9-10-18(23)3/h6-16,28H,5H2,1-4H3. The van der Waals surface area contributed by atoms with Gasteiger partial charge in [0.2, 0.25) is 0 Å². The summed E-state index contributed by atoms with van der Waals surface area (Å²) in [5, 5.41) is 3.25. The first-order valence-corrected chi connectivity index (χ1v) is 10.8. The Morgan fingerprint density at radius 2 is 1.64 bits per heavy atom. The summed E-state index contributed by atoms with van der Waals surface area (Å²) in [6.45, 7) is 6.31. The lowest BCUT2D eigenvalue weighted by atomic mass is 10.0. The molecule has 6 heteroatoms. The van der Waals surface area contributed by atoms with Crippen molar-refractivity contribution in [3.63, 3.8) is 0 Å². The van der Waals surface area contributed by atoms with E-state index in [2.05, 4.69) is 5.32 Å². The second kappa shape index (κ2) is 9.20. The highest BCUT2D eigenvalue weighted by molar-refractivity contribution is 6.46. The number of methoxy groups -OCH3 is 1. The molecule has 4 rings (SSSR count). The van der Waals surface area contributed by atoms with E-state index in [0.717, 1.165) is 16.8 Å². The summed E-state index contributed by atoms with van der Waals surface area (Å²) in [4.78, 5) is 28.4. The normalized spacial score (nSPS) is 13.5. The van der Waals surface area contributed by atoms with Crippen molar-refractivity contribution in [3.8, 4) is 11.5 Å². The van der Waals surface area contributed by atoms with Crippen molar-refractivity contribution >= 4 is 28.8 Å². The van der Waals surface area contributed by atoms with Crippen molar-refractivity contribution in [1.82, 2.24) is 0 Å². The Morgan fingerprint density at radius 1 is 0.879 bits per heavy atom. The number of hydrogen-bond donors (Lipinski definition) is 1. The molecule has 6 nitrogen and oxygen atoms in total. The van der Waals surface area contributed by atoms with Crippen LogP contribution in [0.1, 0.15) is 23.6 Å². The molecule has 33 heavy (non-hydrogen) atoms. The summed E-state index contributed by atoms with van der Waals surface area (Å²) < 4.78 is 10.8. The van der Waals surface area contributed by atoms with Gasteiger partial charge in [-0.25, -0.2) is 4.90 Å². The summed E-state index contributed by atoms with van der Waals surface area (Å²) in [7, 11) is 1.58. The molecule has 0 saturated heterocycles. The summed E-state index contributed by atoms with van der Waals surface area (Å²) in [6.07, 6.45) is 0. The third-order valence-electron chi connectivity index (χ3n) is 5.50. The Labute approximate surface area is 193 Å². The van der Waals surface area contributed by atoms with Crippen molar-refractivity contribution in [1.29, 1.82) is 0 Å². The fraction of sp³-hybridized carbons (Fsp3) is 0.185. The Hall–Kier alpha value is -4.06. The van der Waals surface area contributed by atoms with Gasteiger partial charge in [-0.3, -0.25) is 9.59 Å². The number of carbonyl (C=O) groups excluding carboxylic acids is 2. The fourth-order valence-electron chi connectivity index (χ4n) is 3.79. The summed E-state index contributed by atoms with van der Waals surface area (Å²) in [5.74, 6) is 0.450. The van der Waals surface area contributed by atoms with Crippen molar-refractivity contribution in [2.75, 3.05) is 23.9 Å². The molecule has 1 aliphatic heterocycles. The van der Waals surface area contributed by atoms with Crippen LogP contribution in [0.5, 0.6) is 11.5 Å². The zero-order valence-electron chi connectivity index (χ0n) is 19.1. The van der Waals surface area contributed by atoms with Crippen LogP contribution < -0.4 is 19.7 Å². The molecule has 2 amide bonds. The van der Waals surface area contributed by atoms with Gasteiger partial charge in [0.1, 0.15) is 17.2 Å². The minimum Gasteiger partial charge on any atom is -0.497 e. The minimum absolute atomic E-state index is 0.237. The van der Waals surface area contributed by atoms with E-state index in [1.165, 1.54) is 4.90 Å². The number of benzene rings is 3. The molecule has 0 fully saturated rings. The molecule has 3 aromatic rings. The predicted octanol–water partition coefficient (Wildman–Crippen LogP) is 5.11. The third kappa shape index (κ3) is 4.32. The van der Waals surface area contributed by atoms with Crippen molar-refractivity contribution in [2.24, 2.45) is 0 Å². The number of rotatable bonds is 7. The van der Waals surface area contributed by atoms with Gasteiger partial charge in [0.25, 0.3) is 11.8 Å². The molecule has 0 spiro atoms. The number of carbonyl (C=O) groups is 2. The number of amides is 2. The SMILES string of the molecule is CCOc1cccc(N2C(=O)C(Nc3cc(C)ccc3C)=C(c3ccc(OC)cc3)C2=O)c1. The van der Waals surface area contributed by atoms with E-state index in [4.69, 9.17) is 9.47 Å². The quantitative estimate of drug-likeness (QED) is 0.515. The van der Waals surface area contributed by atoms with Gasteiger partial charge in [-0.15, -0.1) is 0 Å². The number of aryl methyl sites for hydroxylation is 2. The number of nitrogens with one attached hydrogen (secondary N) is 1. The molecule has 3 aromatic carbocycles. The highest BCUT2D eigenvalue weighted by Crippen LogP contribution is 2.36. The van der Waals surface area contributed by atoms with Gasteiger partial charge in [-0.1, -0.05) is 30.3 Å². The third-order valence-corrected chi connectivity index (χ3v) is 5.50. The van der Waals surface area contributed by atoms with Crippen LogP contribution in [0, 0.1) is 13.8 Å². The van der Waals surface area contributed by atoms with Crippen molar-refractivity contribution < 1.29 is 19.1 Å². The number of ether oxygens (including phenoxy) is 2. The topological polar surface area (TPSA) is 67.9 Å². The minimum atomic E-state index is -0.416. The maximum atomic E-state index is 13.6. The first-order chi connectivity index (χ1) is 15.9. The van der Waals surface area contributed by atoms with Crippen LogP contribution in [-0.2, 0) is 9.59 Å². The first-order valence-electron chi connectivity index (χ1n) is 10.8. The van der Waals surface area contributed by atoms with E-state index >= 15 is 0 Å². The van der Waals surface area contributed by atoms with E-state index in [-0.39, 0.29) is 5.70 Å². The van der Waals surface area contributed by atoms with Crippen molar-refractivity contribution in [3.05, 3.63) is 89.1 Å². The van der Waals surface area contributed by atoms with Crippen LogP contribution in [0.15, 0.2) is 72.4 Å². The lowest BCUT2D eigenvalue weighted by molar-refractivity contribution is -0.120. The zero-order valence-corrected chi connectivity index (χ0v) is 19.1. The van der Waals surface area contributed by atoms with E-state index in [1.54, 1.807) is 55.6 Å². The van der Waals surface area contributed by atoms with Gasteiger partial charge in [0.05, 0.1) is 25.0 Å². The van der Waals surface area contributed by atoms with Gasteiger partial charge in [-0.05, 0) is 67.8 Å². The number of hydrogen-bond acceptors (Lipinski definition) is 5. The van der Waals surface area contributed by atoms with Gasteiger partial charge in [0.15, 0.2) is 0 Å². The molecule has 1 aliphatic rings. The van der Waals surface area contributed by atoms with Crippen molar-refractivity contribution in [2.45, 2.75) is 20.8 Å². The average molecular weight is 443 g/mol. The maximum absolute atomic E-state index is 13.6. The van der Waals surface area contributed by atoms with Crippen LogP contribution in [-0.4, -0.2) is 25.5 Å². The molecule has 0 radical (unpaired) electrons. The summed E-state index contributed by atoms with van der Waals surface area (Å²) >= 11 is 0. The molecule has 0 unspecified atom stereocenters. The maximum Gasteiger partial charge on any atom is 0.282 e. The molecule has 0 aliphatic carbocycles. The molecule has 1 heterocycles. The molecular weight excluding hydrogens is 416 g/mol. The van der Waals surface area contributed by atoms with Crippen LogP contribution in [0.2, 0.25) is 0 Å². The Bertz CT molecular complexity index is 1250. The van der Waals surface area contributed by atoms with E-state index in [9.17, 15) is 9.59 Å². The molecule has 0 atom stereocenters. The Morgan fingerprint density at radius 3 is 2.33 bits per heavy atom. The Kier molecular flexibility index (Phi) is 6.18. The number of anilines is 2. The largest absolute Gasteiger partial charge is 0.497 e. The van der Waals surface area contributed by atoms with Crippen LogP contribution in [0.25, 0.3) is 5.57 Å². The zero-order chi connectivity index (χ0) is 23.5. The number of imide groups is 1. The van der Waals surface area contributed by atoms with E-state index in [1.807, 2.05) is 39.0 Å². The van der Waals surface area contributed by atoms with E-state index in [0.29, 0.717) is 34.9 Å². The van der Waals surface area contributed by atoms with Gasteiger partial charge in [-0.2, -0.15) is 0 Å². The summed E-state index contributed by atoms with van der Waals surface area (Å²) in [5.41, 5.74) is 4.44. The first kappa shape index (κ1) is 22.1. The van der Waals surface area contributed by atoms with Gasteiger partial charge in [0, 0.05) is 11.8 Å². The second-order valence-corrected chi connectivity index (χ2v) is 7.80. The highest BCUT2D eigenvalue weighted by atomic mass is 16.5. The second-order valence-electron chi connectivity index (χ2n) is 7.80. The monoisotopic (exact) mass is 442 g/mol. The van der Waals surface area contributed by atoms with Gasteiger partial charge >= 0.3 is 0 Å². The highest BCUT2D eigenvalue weighted by Gasteiger charge is 2.40. The molecule has 0 saturated carbocycles. The Balaban J connectivity index is 1.82. The lowest BCUT2D eigenvalue weighted by Crippen LogP contribution is -2.32. The molecule has 1 N–H and O–H groups in total. The van der Waals surface area contributed by atoms with Crippen LogP contribution >= 0.6 is 0 Å². The molecule has 0 aromatic heterocycles. The summed E-state index contributed by atoms with van der Waals surface area (Å²) in [6, 6.07) is 20.1. The molecular formula is C27H26N2O4. The predicted molar refractivity (Wildman–Crippen MR) is 130 cm³/mol. The smallest absolute Gasteiger partial charge is 0.282 e. The van der Waals surface area contributed by atoms with Gasteiger partial charge < -0.3 is 14.8 Å². The number of nitrogens with zero attached hydrogens (tertiary/aromatic N) is 1. The van der Waals surface area contributed by atoms with Crippen LogP contribution in [0.3, 0.4) is 0 Å².